The average Bonchev–Trinajstić information content (AvgIpc) is 2.69. The lowest BCUT2D eigenvalue weighted by molar-refractivity contribution is 0.0784. The van der Waals surface area contributed by atoms with Gasteiger partial charge in [-0.15, -0.1) is 0 Å². The third kappa shape index (κ3) is 4.70. The zero-order valence-electron chi connectivity index (χ0n) is 15.9. The number of para-hydroxylation sites is 1. The van der Waals surface area contributed by atoms with Crippen LogP contribution in [0.1, 0.15) is 41.3 Å². The molecule has 0 saturated carbocycles. The van der Waals surface area contributed by atoms with E-state index in [1.54, 1.807) is 24.3 Å². The Kier molecular flexibility index (Phi) is 5.81. The lowest BCUT2D eigenvalue weighted by Crippen LogP contribution is -2.26. The van der Waals surface area contributed by atoms with E-state index in [2.05, 4.69) is 35.2 Å². The number of carbonyl (C=O) groups excluding carboxylic acids is 1. The van der Waals surface area contributed by atoms with Crippen molar-refractivity contribution in [3.8, 4) is 0 Å². The Bertz CT molecular complexity index is 892. The van der Waals surface area contributed by atoms with Gasteiger partial charge in [0.05, 0.1) is 5.56 Å². The fraction of sp³-hybridized carbons (Fsp3) is 0.227. The Morgan fingerprint density at radius 1 is 1.00 bits per heavy atom. The number of rotatable bonds is 6. The van der Waals surface area contributed by atoms with Gasteiger partial charge in [0.1, 0.15) is 0 Å². The zero-order valence-corrected chi connectivity index (χ0v) is 15.9. The highest BCUT2D eigenvalue weighted by molar-refractivity contribution is 5.93. The largest absolute Gasteiger partial charge is 0.337 e. The molecule has 0 aliphatic carbocycles. The lowest BCUT2D eigenvalue weighted by atomic mass is 10.0. The van der Waals surface area contributed by atoms with Crippen molar-refractivity contribution in [3.05, 3.63) is 83.7 Å². The molecule has 138 valence electrons. The zero-order chi connectivity index (χ0) is 19.2. The minimum Gasteiger partial charge on any atom is -0.337 e. The number of aromatic nitrogens is 2. The van der Waals surface area contributed by atoms with Gasteiger partial charge in [0.2, 0.25) is 5.95 Å². The first-order valence-corrected chi connectivity index (χ1v) is 9.02. The van der Waals surface area contributed by atoms with E-state index in [1.807, 2.05) is 48.5 Å². The van der Waals surface area contributed by atoms with Crippen molar-refractivity contribution in [2.45, 2.75) is 26.3 Å². The highest BCUT2D eigenvalue weighted by Crippen LogP contribution is 2.25. The second-order valence-electron chi connectivity index (χ2n) is 6.81. The minimum absolute atomic E-state index is 0.104. The van der Waals surface area contributed by atoms with Crippen LogP contribution in [0.3, 0.4) is 0 Å². The first-order valence-electron chi connectivity index (χ1n) is 9.02. The fourth-order valence-electron chi connectivity index (χ4n) is 2.89. The molecule has 0 spiro atoms. The van der Waals surface area contributed by atoms with Crippen molar-refractivity contribution in [3.63, 3.8) is 0 Å². The van der Waals surface area contributed by atoms with E-state index in [0.29, 0.717) is 24.0 Å². The van der Waals surface area contributed by atoms with Crippen LogP contribution >= 0.6 is 0 Å². The van der Waals surface area contributed by atoms with E-state index in [9.17, 15) is 4.79 Å². The molecular weight excluding hydrogens is 336 g/mol. The molecular formula is C22H24N4O. The monoisotopic (exact) mass is 360 g/mol. The SMILES string of the molecule is CC(C)c1ccccc1Nc1ncc(C(=O)N(C)Cc2ccccc2)cn1. The van der Waals surface area contributed by atoms with Gasteiger partial charge in [-0.25, -0.2) is 9.97 Å². The van der Waals surface area contributed by atoms with Crippen LogP contribution in [-0.2, 0) is 6.54 Å². The van der Waals surface area contributed by atoms with E-state index in [4.69, 9.17) is 0 Å². The smallest absolute Gasteiger partial charge is 0.257 e. The summed E-state index contributed by atoms with van der Waals surface area (Å²) in [6, 6.07) is 18.0. The van der Waals surface area contributed by atoms with Crippen LogP contribution in [0.2, 0.25) is 0 Å². The summed E-state index contributed by atoms with van der Waals surface area (Å²) in [4.78, 5) is 22.9. The third-order valence-electron chi connectivity index (χ3n) is 4.34. The van der Waals surface area contributed by atoms with Gasteiger partial charge in [-0.3, -0.25) is 4.79 Å². The minimum atomic E-state index is -0.104. The summed E-state index contributed by atoms with van der Waals surface area (Å²) in [7, 11) is 1.78. The van der Waals surface area contributed by atoms with E-state index in [1.165, 1.54) is 5.56 Å². The number of amides is 1. The van der Waals surface area contributed by atoms with Crippen LogP contribution in [0.4, 0.5) is 11.6 Å². The van der Waals surface area contributed by atoms with Crippen molar-refractivity contribution in [2.24, 2.45) is 0 Å². The Morgan fingerprint density at radius 3 is 2.30 bits per heavy atom. The third-order valence-corrected chi connectivity index (χ3v) is 4.34. The van der Waals surface area contributed by atoms with Crippen LogP contribution in [-0.4, -0.2) is 27.8 Å². The van der Waals surface area contributed by atoms with Crippen molar-refractivity contribution >= 4 is 17.5 Å². The number of hydrogen-bond donors (Lipinski definition) is 1. The van der Waals surface area contributed by atoms with Crippen LogP contribution in [0.15, 0.2) is 67.0 Å². The van der Waals surface area contributed by atoms with Crippen LogP contribution in [0, 0.1) is 0 Å². The molecule has 3 rings (SSSR count). The second kappa shape index (κ2) is 8.45. The van der Waals surface area contributed by atoms with Gasteiger partial charge in [-0.1, -0.05) is 62.4 Å². The summed E-state index contributed by atoms with van der Waals surface area (Å²) < 4.78 is 0. The van der Waals surface area contributed by atoms with Crippen molar-refractivity contribution < 1.29 is 4.79 Å². The normalized spacial score (nSPS) is 10.7. The molecule has 5 heteroatoms. The van der Waals surface area contributed by atoms with Gasteiger partial charge < -0.3 is 10.2 Å². The Morgan fingerprint density at radius 2 is 1.63 bits per heavy atom. The summed E-state index contributed by atoms with van der Waals surface area (Å²) in [5, 5.41) is 3.24. The maximum Gasteiger partial charge on any atom is 0.257 e. The predicted octanol–water partition coefficient (Wildman–Crippen LogP) is 4.62. The van der Waals surface area contributed by atoms with E-state index >= 15 is 0 Å². The molecule has 27 heavy (non-hydrogen) atoms. The van der Waals surface area contributed by atoms with Crippen LogP contribution < -0.4 is 5.32 Å². The van der Waals surface area contributed by atoms with Crippen molar-refractivity contribution in [2.75, 3.05) is 12.4 Å². The second-order valence-corrected chi connectivity index (χ2v) is 6.81. The predicted molar refractivity (Wildman–Crippen MR) is 108 cm³/mol. The molecule has 1 heterocycles. The molecule has 1 amide bonds. The van der Waals surface area contributed by atoms with Crippen LogP contribution in [0.25, 0.3) is 0 Å². The standard InChI is InChI=1S/C22H24N4O/c1-16(2)19-11-7-8-12-20(19)25-22-23-13-18(14-24-22)21(27)26(3)15-17-9-5-4-6-10-17/h4-14,16H,15H2,1-3H3,(H,23,24,25). The summed E-state index contributed by atoms with van der Waals surface area (Å²) >= 11 is 0. The number of hydrogen-bond acceptors (Lipinski definition) is 4. The molecule has 0 radical (unpaired) electrons. The van der Waals surface area contributed by atoms with Gasteiger partial charge in [-0.05, 0) is 23.1 Å². The number of nitrogens with one attached hydrogen (secondary N) is 1. The molecule has 1 aromatic heterocycles. The molecule has 0 atom stereocenters. The van der Waals surface area contributed by atoms with Gasteiger partial charge in [0, 0.05) is 31.7 Å². The molecule has 2 aromatic carbocycles. The maximum atomic E-state index is 12.6. The lowest BCUT2D eigenvalue weighted by Gasteiger charge is -2.17. The molecule has 3 aromatic rings. The number of benzene rings is 2. The number of nitrogens with zero attached hydrogens (tertiary/aromatic N) is 3. The molecule has 0 aliphatic rings. The van der Waals surface area contributed by atoms with Gasteiger partial charge >= 0.3 is 0 Å². The molecule has 0 saturated heterocycles. The molecule has 0 unspecified atom stereocenters. The topological polar surface area (TPSA) is 58.1 Å². The fourth-order valence-corrected chi connectivity index (χ4v) is 2.89. The molecule has 5 nitrogen and oxygen atoms in total. The summed E-state index contributed by atoms with van der Waals surface area (Å²) in [6.07, 6.45) is 3.13. The first-order chi connectivity index (χ1) is 13.0. The quantitative estimate of drug-likeness (QED) is 0.697. The molecule has 1 N–H and O–H groups in total. The Balaban J connectivity index is 1.69. The molecule has 0 bridgehead atoms. The first kappa shape index (κ1) is 18.6. The van der Waals surface area contributed by atoms with Crippen LogP contribution in [0.5, 0.6) is 0 Å². The van der Waals surface area contributed by atoms with Gasteiger partial charge in [-0.2, -0.15) is 0 Å². The van der Waals surface area contributed by atoms with Gasteiger partial charge in [0.25, 0.3) is 5.91 Å². The van der Waals surface area contributed by atoms with E-state index in [0.717, 1.165) is 11.3 Å². The van der Waals surface area contributed by atoms with E-state index in [-0.39, 0.29) is 5.91 Å². The highest BCUT2D eigenvalue weighted by atomic mass is 16.2. The molecule has 0 fully saturated rings. The Hall–Kier alpha value is -3.21. The summed E-state index contributed by atoms with van der Waals surface area (Å²) in [6.45, 7) is 4.83. The van der Waals surface area contributed by atoms with Crippen molar-refractivity contribution in [1.29, 1.82) is 0 Å². The van der Waals surface area contributed by atoms with Gasteiger partial charge in [0.15, 0.2) is 0 Å². The average molecular weight is 360 g/mol. The Labute approximate surface area is 160 Å². The maximum absolute atomic E-state index is 12.6. The highest BCUT2D eigenvalue weighted by Gasteiger charge is 2.14. The van der Waals surface area contributed by atoms with E-state index < -0.39 is 0 Å². The number of carbonyl (C=O) groups is 1. The summed E-state index contributed by atoms with van der Waals surface area (Å²) in [5.41, 5.74) is 3.73. The molecule has 0 aliphatic heterocycles. The summed E-state index contributed by atoms with van der Waals surface area (Å²) in [5.74, 6) is 0.763. The number of anilines is 2. The van der Waals surface area contributed by atoms with Crippen molar-refractivity contribution in [1.82, 2.24) is 14.9 Å².